The van der Waals surface area contributed by atoms with Crippen LogP contribution in [0.25, 0.3) is 16.6 Å². The number of rotatable bonds is 5. The summed E-state index contributed by atoms with van der Waals surface area (Å²) >= 11 is 0. The second kappa shape index (κ2) is 9.32. The molecule has 0 fully saturated rings. The molecule has 2 amide bonds. The highest BCUT2D eigenvalue weighted by Crippen LogP contribution is 2.41. The van der Waals surface area contributed by atoms with Crippen LogP contribution in [0.15, 0.2) is 77.5 Å². The predicted molar refractivity (Wildman–Crippen MR) is 145 cm³/mol. The van der Waals surface area contributed by atoms with Gasteiger partial charge in [0.2, 0.25) is 5.91 Å². The maximum absolute atomic E-state index is 13.9. The van der Waals surface area contributed by atoms with Crippen molar-refractivity contribution in [1.29, 1.82) is 0 Å². The van der Waals surface area contributed by atoms with Crippen LogP contribution in [0.4, 0.5) is 5.69 Å². The molecule has 37 heavy (non-hydrogen) atoms. The molecule has 3 aromatic rings. The van der Waals surface area contributed by atoms with Crippen molar-refractivity contribution in [1.82, 2.24) is 20.2 Å². The van der Waals surface area contributed by atoms with E-state index in [0.29, 0.717) is 25.9 Å². The molecular formula is C30H29N5O2. The van der Waals surface area contributed by atoms with Crippen LogP contribution < -0.4 is 10.6 Å². The van der Waals surface area contributed by atoms with Gasteiger partial charge in [-0.05, 0) is 65.8 Å². The number of allylic oxidation sites excluding steroid dienone is 1. The summed E-state index contributed by atoms with van der Waals surface area (Å²) in [4.78, 5) is 37.6. The molecule has 2 aromatic carbocycles. The molecule has 186 valence electrons. The SMILES string of the molecule is CNC(=O)[C@H]1CC2=C(Cc3ccccc32)CN1C(=O)C1=C(CNc2ccc3nc(C)cnc3c2)C=CC1. The molecule has 1 atom stereocenters. The van der Waals surface area contributed by atoms with Crippen molar-refractivity contribution >= 4 is 34.1 Å². The van der Waals surface area contributed by atoms with E-state index < -0.39 is 6.04 Å². The molecule has 0 unspecified atom stereocenters. The van der Waals surface area contributed by atoms with Gasteiger partial charge in [-0.2, -0.15) is 0 Å². The highest BCUT2D eigenvalue weighted by atomic mass is 16.2. The third kappa shape index (κ3) is 4.20. The molecule has 6 rings (SSSR count). The van der Waals surface area contributed by atoms with Crippen molar-refractivity contribution in [2.45, 2.75) is 32.2 Å². The summed E-state index contributed by atoms with van der Waals surface area (Å²) in [6.45, 7) is 2.92. The number of anilines is 1. The monoisotopic (exact) mass is 491 g/mol. The van der Waals surface area contributed by atoms with Gasteiger partial charge < -0.3 is 15.5 Å². The topological polar surface area (TPSA) is 87.2 Å². The van der Waals surface area contributed by atoms with E-state index in [-0.39, 0.29) is 11.8 Å². The first-order chi connectivity index (χ1) is 18.0. The van der Waals surface area contributed by atoms with Crippen molar-refractivity contribution < 1.29 is 9.59 Å². The average Bonchev–Trinajstić information content (AvgIpc) is 3.54. The minimum atomic E-state index is -0.521. The van der Waals surface area contributed by atoms with Gasteiger partial charge in [0, 0.05) is 44.0 Å². The number of hydrogen-bond acceptors (Lipinski definition) is 5. The largest absolute Gasteiger partial charge is 0.381 e. The Morgan fingerprint density at radius 2 is 2.00 bits per heavy atom. The molecule has 0 saturated heterocycles. The smallest absolute Gasteiger partial charge is 0.251 e. The molecule has 1 aliphatic heterocycles. The minimum absolute atomic E-state index is 0.0576. The van der Waals surface area contributed by atoms with Gasteiger partial charge >= 0.3 is 0 Å². The minimum Gasteiger partial charge on any atom is -0.381 e. The van der Waals surface area contributed by atoms with E-state index in [9.17, 15) is 9.59 Å². The summed E-state index contributed by atoms with van der Waals surface area (Å²) in [5.41, 5.74) is 10.2. The van der Waals surface area contributed by atoms with Crippen LogP contribution in [0.1, 0.15) is 29.7 Å². The fraction of sp³-hybridized carbons (Fsp3) is 0.267. The lowest BCUT2D eigenvalue weighted by Crippen LogP contribution is -2.52. The molecule has 7 nitrogen and oxygen atoms in total. The van der Waals surface area contributed by atoms with Crippen molar-refractivity contribution in [2.75, 3.05) is 25.5 Å². The molecule has 2 aliphatic carbocycles. The summed E-state index contributed by atoms with van der Waals surface area (Å²) in [6, 6.07) is 13.7. The third-order valence-corrected chi connectivity index (χ3v) is 7.55. The van der Waals surface area contributed by atoms with E-state index in [2.05, 4.69) is 32.7 Å². The van der Waals surface area contributed by atoms with Gasteiger partial charge in [-0.3, -0.25) is 14.6 Å². The Bertz CT molecular complexity index is 1530. The lowest BCUT2D eigenvalue weighted by Gasteiger charge is -2.36. The molecule has 2 heterocycles. The van der Waals surface area contributed by atoms with Gasteiger partial charge in [0.05, 0.1) is 16.7 Å². The zero-order valence-electron chi connectivity index (χ0n) is 21.0. The lowest BCUT2D eigenvalue weighted by atomic mass is 9.91. The van der Waals surface area contributed by atoms with Gasteiger partial charge in [0.25, 0.3) is 5.91 Å². The zero-order valence-corrected chi connectivity index (χ0v) is 21.0. The number of nitrogens with one attached hydrogen (secondary N) is 2. The fourth-order valence-corrected chi connectivity index (χ4v) is 5.66. The van der Waals surface area contributed by atoms with Gasteiger partial charge in [-0.15, -0.1) is 0 Å². The highest BCUT2D eigenvalue weighted by molar-refractivity contribution is 6.00. The maximum Gasteiger partial charge on any atom is 0.251 e. The summed E-state index contributed by atoms with van der Waals surface area (Å²) in [5.74, 6) is -0.180. The number of benzene rings is 2. The number of hydrogen-bond donors (Lipinski definition) is 2. The maximum atomic E-state index is 13.9. The van der Waals surface area contributed by atoms with E-state index in [0.717, 1.165) is 40.0 Å². The van der Waals surface area contributed by atoms with Crippen molar-refractivity contribution in [3.05, 3.63) is 94.4 Å². The molecule has 0 spiro atoms. The Morgan fingerprint density at radius 1 is 1.14 bits per heavy atom. The van der Waals surface area contributed by atoms with Crippen LogP contribution in [0.5, 0.6) is 0 Å². The number of carbonyl (C=O) groups excluding carboxylic acids is 2. The van der Waals surface area contributed by atoms with E-state index in [1.165, 1.54) is 22.3 Å². The van der Waals surface area contributed by atoms with E-state index in [4.69, 9.17) is 0 Å². The van der Waals surface area contributed by atoms with E-state index in [1.54, 1.807) is 18.1 Å². The Hall–Kier alpha value is -4.26. The molecule has 0 radical (unpaired) electrons. The first kappa shape index (κ1) is 23.2. The first-order valence-electron chi connectivity index (χ1n) is 12.7. The number of carbonyl (C=O) groups is 2. The number of fused-ring (bicyclic) bond motifs is 3. The van der Waals surface area contributed by atoms with E-state index in [1.807, 2.05) is 49.4 Å². The Kier molecular flexibility index (Phi) is 5.83. The van der Waals surface area contributed by atoms with Gasteiger partial charge in [0.15, 0.2) is 0 Å². The lowest BCUT2D eigenvalue weighted by molar-refractivity contribution is -0.137. The predicted octanol–water partition coefficient (Wildman–Crippen LogP) is 3.96. The fourth-order valence-electron chi connectivity index (χ4n) is 5.66. The molecule has 2 N–H and O–H groups in total. The van der Waals surface area contributed by atoms with Crippen LogP contribution in [0.3, 0.4) is 0 Å². The van der Waals surface area contributed by atoms with Crippen molar-refractivity contribution in [3.8, 4) is 0 Å². The Morgan fingerprint density at radius 3 is 2.86 bits per heavy atom. The highest BCUT2D eigenvalue weighted by Gasteiger charge is 2.39. The molecule has 1 aromatic heterocycles. The third-order valence-electron chi connectivity index (χ3n) is 7.55. The zero-order chi connectivity index (χ0) is 25.5. The quantitative estimate of drug-likeness (QED) is 0.564. The molecule has 0 bridgehead atoms. The van der Waals surface area contributed by atoms with Crippen LogP contribution in [-0.2, 0) is 16.0 Å². The van der Waals surface area contributed by atoms with Gasteiger partial charge in [0.1, 0.15) is 6.04 Å². The number of aromatic nitrogens is 2. The van der Waals surface area contributed by atoms with E-state index >= 15 is 0 Å². The number of amides is 2. The summed E-state index contributed by atoms with van der Waals surface area (Å²) < 4.78 is 0. The molecule has 3 aliphatic rings. The number of likely N-dealkylation sites (N-methyl/N-ethyl adjacent to an activating group) is 1. The summed E-state index contributed by atoms with van der Waals surface area (Å²) in [7, 11) is 1.64. The Balaban J connectivity index is 1.24. The van der Waals surface area contributed by atoms with Crippen LogP contribution in [0, 0.1) is 6.92 Å². The Labute approximate surface area is 216 Å². The summed E-state index contributed by atoms with van der Waals surface area (Å²) in [6.07, 6.45) is 7.75. The second-order valence-corrected chi connectivity index (χ2v) is 9.86. The van der Waals surface area contributed by atoms with Gasteiger partial charge in [-0.1, -0.05) is 36.4 Å². The number of aryl methyl sites for hydroxylation is 1. The van der Waals surface area contributed by atoms with Crippen molar-refractivity contribution in [3.63, 3.8) is 0 Å². The molecule has 0 saturated carbocycles. The van der Waals surface area contributed by atoms with Crippen LogP contribution in [-0.4, -0.2) is 52.9 Å². The van der Waals surface area contributed by atoms with Crippen LogP contribution in [0.2, 0.25) is 0 Å². The first-order valence-corrected chi connectivity index (χ1v) is 12.7. The standard InChI is InChI=1S/C30H29N5O2/c1-18-15-33-27-13-22(10-11-26(27)34-18)32-16-20-7-5-9-24(20)30(37)35-17-21-12-19-6-3-4-8-23(19)25(21)14-28(35)29(36)31-2/h3-8,10-11,13,15,28,32H,9,12,14,16-17H2,1-2H3,(H,31,36)/t28-/m1/s1. The van der Waals surface area contributed by atoms with Crippen molar-refractivity contribution in [2.24, 2.45) is 0 Å². The summed E-state index contributed by atoms with van der Waals surface area (Å²) in [5, 5.41) is 6.22. The number of nitrogens with zero attached hydrogens (tertiary/aromatic N) is 3. The van der Waals surface area contributed by atoms with Gasteiger partial charge in [-0.25, -0.2) is 4.98 Å². The van der Waals surface area contributed by atoms with Crippen LogP contribution >= 0.6 is 0 Å². The average molecular weight is 492 g/mol. The second-order valence-electron chi connectivity index (χ2n) is 9.86. The molecule has 7 heteroatoms. The normalized spacial score (nSPS) is 18.3. The molecular weight excluding hydrogens is 462 g/mol.